The average Bonchev–Trinajstić information content (AvgIpc) is 3.08. The fourth-order valence-corrected chi connectivity index (χ4v) is 2.77. The van der Waals surface area contributed by atoms with Gasteiger partial charge in [-0.1, -0.05) is 13.8 Å². The Balaban J connectivity index is 1.72. The van der Waals surface area contributed by atoms with Crippen molar-refractivity contribution >= 4 is 5.91 Å². The van der Waals surface area contributed by atoms with Crippen LogP contribution in [0.25, 0.3) is 0 Å². The van der Waals surface area contributed by atoms with E-state index in [1.54, 1.807) is 23.1 Å². The third-order valence-corrected chi connectivity index (χ3v) is 3.97. The van der Waals surface area contributed by atoms with Crippen molar-refractivity contribution in [2.45, 2.75) is 44.4 Å². The van der Waals surface area contributed by atoms with E-state index in [1.165, 1.54) is 6.26 Å². The van der Waals surface area contributed by atoms with Crippen LogP contribution in [0.3, 0.4) is 0 Å². The molecule has 0 spiro atoms. The van der Waals surface area contributed by atoms with Crippen LogP contribution < -0.4 is 5.32 Å². The van der Waals surface area contributed by atoms with Gasteiger partial charge < -0.3 is 14.8 Å². The highest BCUT2D eigenvalue weighted by Crippen LogP contribution is 2.32. The normalized spacial score (nSPS) is 24.9. The highest BCUT2D eigenvalue weighted by Gasteiger charge is 2.43. The number of carbonyl (C=O) groups excluding carboxylic acids is 1. The summed E-state index contributed by atoms with van der Waals surface area (Å²) in [4.78, 5) is 12.3. The number of aliphatic hydroxyl groups is 1. The Labute approximate surface area is 122 Å². The summed E-state index contributed by atoms with van der Waals surface area (Å²) in [5.41, 5.74) is 0.892. The molecule has 1 amide bonds. The van der Waals surface area contributed by atoms with Crippen LogP contribution in [0.15, 0.2) is 35.2 Å². The van der Waals surface area contributed by atoms with Gasteiger partial charge >= 0.3 is 0 Å². The number of hydrogen-bond acceptors (Lipinski definition) is 4. The minimum Gasteiger partial charge on any atom is -0.459 e. The highest BCUT2D eigenvalue weighted by molar-refractivity contribution is 5.93. The summed E-state index contributed by atoms with van der Waals surface area (Å²) < 4.78 is 7.00. The van der Waals surface area contributed by atoms with E-state index < -0.39 is 6.10 Å². The van der Waals surface area contributed by atoms with Crippen LogP contribution >= 0.6 is 0 Å². The number of hydrogen-bond donors (Lipinski definition) is 2. The van der Waals surface area contributed by atoms with E-state index in [-0.39, 0.29) is 23.9 Å². The number of nitrogens with one attached hydrogen (secondary N) is 1. The third-order valence-electron chi connectivity index (χ3n) is 3.97. The minimum atomic E-state index is -0.489. The number of rotatable bonds is 4. The Morgan fingerprint density at radius 1 is 1.57 bits per heavy atom. The lowest BCUT2D eigenvalue weighted by atomic mass is 9.83. The van der Waals surface area contributed by atoms with Gasteiger partial charge in [0.15, 0.2) is 5.76 Å². The highest BCUT2D eigenvalue weighted by atomic mass is 16.3. The van der Waals surface area contributed by atoms with E-state index in [0.717, 1.165) is 5.56 Å². The summed E-state index contributed by atoms with van der Waals surface area (Å²) in [5.74, 6) is 0.335. The largest absolute Gasteiger partial charge is 0.459 e. The fourth-order valence-electron chi connectivity index (χ4n) is 2.77. The van der Waals surface area contributed by atoms with Gasteiger partial charge in [0.05, 0.1) is 24.5 Å². The molecule has 2 N–H and O–H groups in total. The summed E-state index contributed by atoms with van der Waals surface area (Å²) in [6.07, 6.45) is 5.02. The maximum absolute atomic E-state index is 12.3. The Hall–Kier alpha value is -2.08. The van der Waals surface area contributed by atoms with Gasteiger partial charge in [-0.25, -0.2) is 0 Å². The molecule has 0 saturated heterocycles. The molecule has 112 valence electrons. The Morgan fingerprint density at radius 3 is 3.00 bits per heavy atom. The summed E-state index contributed by atoms with van der Waals surface area (Å²) >= 11 is 0. The second-order valence-corrected chi connectivity index (χ2v) is 5.72. The Kier molecular flexibility index (Phi) is 3.55. The Morgan fingerprint density at radius 2 is 2.38 bits per heavy atom. The molecule has 2 aromatic heterocycles. The molecule has 3 atom stereocenters. The van der Waals surface area contributed by atoms with Crippen molar-refractivity contribution in [3.8, 4) is 0 Å². The molecule has 1 fully saturated rings. The zero-order valence-electron chi connectivity index (χ0n) is 12.1. The lowest BCUT2D eigenvalue weighted by Crippen LogP contribution is -2.56. The maximum atomic E-state index is 12.3. The standard InChI is InChI=1S/C15H19N3O3/c1-9(2)10-4-7-21-14(10)15(20)17-11-8-12(19)13(11)18-6-3-5-16-18/h3-7,9,11-13,19H,8H2,1-2H3,(H,17,20)/t11-,12+,13+/m0/s1. The van der Waals surface area contributed by atoms with E-state index in [2.05, 4.69) is 10.4 Å². The van der Waals surface area contributed by atoms with Gasteiger partial charge in [0.25, 0.3) is 5.91 Å². The Bertz CT molecular complexity index is 618. The summed E-state index contributed by atoms with van der Waals surface area (Å²) in [6.45, 7) is 4.03. The quantitative estimate of drug-likeness (QED) is 0.898. The molecular weight excluding hydrogens is 270 g/mol. The van der Waals surface area contributed by atoms with Crippen molar-refractivity contribution in [2.24, 2.45) is 0 Å². The summed E-state index contributed by atoms with van der Waals surface area (Å²) in [7, 11) is 0. The minimum absolute atomic E-state index is 0.141. The molecule has 0 radical (unpaired) electrons. The summed E-state index contributed by atoms with van der Waals surface area (Å²) in [5, 5.41) is 17.0. The third kappa shape index (κ3) is 2.47. The second-order valence-electron chi connectivity index (χ2n) is 5.72. The van der Waals surface area contributed by atoms with Gasteiger partial charge in [0.1, 0.15) is 0 Å². The van der Waals surface area contributed by atoms with Crippen LogP contribution in [0.2, 0.25) is 0 Å². The average molecular weight is 289 g/mol. The van der Waals surface area contributed by atoms with Crippen LogP contribution in [0, 0.1) is 0 Å². The molecule has 0 aliphatic heterocycles. The molecule has 21 heavy (non-hydrogen) atoms. The van der Waals surface area contributed by atoms with Crippen molar-refractivity contribution in [1.29, 1.82) is 0 Å². The number of aliphatic hydroxyl groups excluding tert-OH is 1. The maximum Gasteiger partial charge on any atom is 0.287 e. The molecule has 0 bridgehead atoms. The first-order valence-corrected chi connectivity index (χ1v) is 7.13. The summed E-state index contributed by atoms with van der Waals surface area (Å²) in [6, 6.07) is 3.26. The van der Waals surface area contributed by atoms with E-state index in [0.29, 0.717) is 12.2 Å². The number of furan rings is 1. The molecule has 6 heteroatoms. The van der Waals surface area contributed by atoms with Gasteiger partial charge in [-0.2, -0.15) is 5.10 Å². The molecule has 1 aliphatic carbocycles. The molecule has 6 nitrogen and oxygen atoms in total. The molecular formula is C15H19N3O3. The van der Waals surface area contributed by atoms with Crippen molar-refractivity contribution in [3.05, 3.63) is 42.1 Å². The predicted octanol–water partition coefficient (Wildman–Crippen LogP) is 1.70. The number of carbonyl (C=O) groups is 1. The second kappa shape index (κ2) is 5.37. The van der Waals surface area contributed by atoms with Crippen molar-refractivity contribution < 1.29 is 14.3 Å². The van der Waals surface area contributed by atoms with Crippen LogP contribution in [-0.4, -0.2) is 32.9 Å². The SMILES string of the molecule is CC(C)c1ccoc1C(=O)N[C@H]1C[C@@H](O)[C@@H]1n1cccn1. The van der Waals surface area contributed by atoms with Gasteiger partial charge in [0, 0.05) is 18.0 Å². The van der Waals surface area contributed by atoms with Gasteiger partial charge in [-0.15, -0.1) is 0 Å². The molecule has 2 heterocycles. The zero-order valence-corrected chi connectivity index (χ0v) is 12.1. The van der Waals surface area contributed by atoms with Gasteiger partial charge in [-0.3, -0.25) is 9.48 Å². The first-order chi connectivity index (χ1) is 10.1. The van der Waals surface area contributed by atoms with E-state index in [9.17, 15) is 9.90 Å². The molecule has 1 saturated carbocycles. The zero-order chi connectivity index (χ0) is 15.0. The topological polar surface area (TPSA) is 80.3 Å². The molecule has 2 aromatic rings. The molecule has 0 aromatic carbocycles. The molecule has 1 aliphatic rings. The number of nitrogens with zero attached hydrogens (tertiary/aromatic N) is 2. The van der Waals surface area contributed by atoms with Gasteiger partial charge in [-0.05, 0) is 24.5 Å². The number of amides is 1. The van der Waals surface area contributed by atoms with Crippen molar-refractivity contribution in [1.82, 2.24) is 15.1 Å². The van der Waals surface area contributed by atoms with Crippen molar-refractivity contribution in [3.63, 3.8) is 0 Å². The lowest BCUT2D eigenvalue weighted by molar-refractivity contribution is -0.00626. The molecule has 0 unspecified atom stereocenters. The van der Waals surface area contributed by atoms with E-state index in [4.69, 9.17) is 4.42 Å². The monoisotopic (exact) mass is 289 g/mol. The van der Waals surface area contributed by atoms with Gasteiger partial charge in [0.2, 0.25) is 0 Å². The first-order valence-electron chi connectivity index (χ1n) is 7.13. The predicted molar refractivity (Wildman–Crippen MR) is 75.9 cm³/mol. The first kappa shape index (κ1) is 13.9. The smallest absolute Gasteiger partial charge is 0.287 e. The van der Waals surface area contributed by atoms with Crippen LogP contribution in [0.5, 0.6) is 0 Å². The lowest BCUT2D eigenvalue weighted by Gasteiger charge is -2.41. The van der Waals surface area contributed by atoms with Crippen molar-refractivity contribution in [2.75, 3.05) is 0 Å². The van der Waals surface area contributed by atoms with Crippen LogP contribution in [0.1, 0.15) is 48.3 Å². The molecule has 3 rings (SSSR count). The van der Waals surface area contributed by atoms with Crippen LogP contribution in [-0.2, 0) is 0 Å². The number of aromatic nitrogens is 2. The van der Waals surface area contributed by atoms with Crippen LogP contribution in [0.4, 0.5) is 0 Å². The van der Waals surface area contributed by atoms with E-state index >= 15 is 0 Å². The van der Waals surface area contributed by atoms with E-state index in [1.807, 2.05) is 19.9 Å². The fraction of sp³-hybridized carbons (Fsp3) is 0.467.